The zero-order valence-corrected chi connectivity index (χ0v) is 14.6. The Labute approximate surface area is 141 Å². The molecule has 0 aromatic carbocycles. The van der Waals surface area contributed by atoms with Gasteiger partial charge in [-0.25, -0.2) is 9.78 Å². The lowest BCUT2D eigenvalue weighted by Gasteiger charge is -2.27. The van der Waals surface area contributed by atoms with Gasteiger partial charge in [-0.15, -0.1) is 11.3 Å². The molecular formula is C16H25N3O3S. The molecule has 1 saturated heterocycles. The molecule has 0 spiro atoms. The molecule has 0 aliphatic carbocycles. The summed E-state index contributed by atoms with van der Waals surface area (Å²) in [6.45, 7) is 6.68. The van der Waals surface area contributed by atoms with Crippen LogP contribution in [0.1, 0.15) is 48.6 Å². The summed E-state index contributed by atoms with van der Waals surface area (Å²) in [5, 5.41) is 8.65. The average Bonchev–Trinajstić information content (AvgIpc) is 3.03. The van der Waals surface area contributed by atoms with Crippen molar-refractivity contribution in [1.82, 2.24) is 15.6 Å². The van der Waals surface area contributed by atoms with Crippen molar-refractivity contribution >= 4 is 23.2 Å². The lowest BCUT2D eigenvalue weighted by atomic mass is 9.85. The highest BCUT2D eigenvalue weighted by Crippen LogP contribution is 2.22. The molecule has 2 atom stereocenters. The first kappa shape index (κ1) is 17.9. The van der Waals surface area contributed by atoms with Gasteiger partial charge >= 0.3 is 5.97 Å². The van der Waals surface area contributed by atoms with Gasteiger partial charge in [-0.3, -0.25) is 4.79 Å². The third kappa shape index (κ3) is 5.58. The molecule has 7 heteroatoms. The minimum atomic E-state index is -0.417. The fourth-order valence-corrected chi connectivity index (χ4v) is 3.46. The highest BCUT2D eigenvalue weighted by molar-refractivity contribution is 7.09. The monoisotopic (exact) mass is 339 g/mol. The largest absolute Gasteiger partial charge is 0.461 e. The van der Waals surface area contributed by atoms with Crippen LogP contribution in [0.4, 0.5) is 0 Å². The fraction of sp³-hybridized carbons (Fsp3) is 0.688. The van der Waals surface area contributed by atoms with Gasteiger partial charge in [-0.1, -0.05) is 6.92 Å². The summed E-state index contributed by atoms with van der Waals surface area (Å²) in [6, 6.07) is 0. The highest BCUT2D eigenvalue weighted by atomic mass is 32.1. The minimum absolute atomic E-state index is 0.0379. The number of hydrogen-bond donors (Lipinski definition) is 2. The summed E-state index contributed by atoms with van der Waals surface area (Å²) in [6.07, 6.45) is 2.91. The van der Waals surface area contributed by atoms with Gasteiger partial charge < -0.3 is 15.4 Å². The molecule has 2 unspecified atom stereocenters. The molecule has 6 nitrogen and oxygen atoms in total. The molecule has 1 amide bonds. The van der Waals surface area contributed by atoms with E-state index < -0.39 is 5.97 Å². The Morgan fingerprint density at radius 1 is 1.57 bits per heavy atom. The number of thiazole rings is 1. The Bertz CT molecular complexity index is 526. The molecule has 1 aliphatic rings. The first-order valence-electron chi connectivity index (χ1n) is 8.19. The first-order valence-corrected chi connectivity index (χ1v) is 9.07. The van der Waals surface area contributed by atoms with Gasteiger partial charge in [-0.05, 0) is 44.7 Å². The van der Waals surface area contributed by atoms with Crippen molar-refractivity contribution in [2.24, 2.45) is 11.8 Å². The molecule has 2 rings (SSSR count). The number of esters is 1. The lowest BCUT2D eigenvalue weighted by molar-refractivity contribution is -0.122. The van der Waals surface area contributed by atoms with Crippen molar-refractivity contribution in [1.29, 1.82) is 0 Å². The second-order valence-electron chi connectivity index (χ2n) is 5.91. The molecule has 1 aliphatic heterocycles. The Morgan fingerprint density at radius 2 is 2.39 bits per heavy atom. The van der Waals surface area contributed by atoms with Crippen molar-refractivity contribution in [2.45, 2.75) is 39.7 Å². The van der Waals surface area contributed by atoms with Crippen LogP contribution < -0.4 is 10.6 Å². The Kier molecular flexibility index (Phi) is 6.98. The van der Waals surface area contributed by atoms with Crippen LogP contribution in [0, 0.1) is 11.8 Å². The van der Waals surface area contributed by atoms with Crippen molar-refractivity contribution in [3.05, 3.63) is 16.1 Å². The van der Waals surface area contributed by atoms with E-state index >= 15 is 0 Å². The molecule has 23 heavy (non-hydrogen) atoms. The summed E-state index contributed by atoms with van der Waals surface area (Å²) < 4.78 is 4.90. The molecule has 1 fully saturated rings. The lowest BCUT2D eigenvalue weighted by Crippen LogP contribution is -2.35. The van der Waals surface area contributed by atoms with Gasteiger partial charge in [-0.2, -0.15) is 0 Å². The van der Waals surface area contributed by atoms with E-state index in [0.717, 1.165) is 13.1 Å². The van der Waals surface area contributed by atoms with Crippen LogP contribution in [0.25, 0.3) is 0 Å². The number of aromatic nitrogens is 1. The van der Waals surface area contributed by atoms with Crippen LogP contribution in [0.3, 0.4) is 0 Å². The van der Waals surface area contributed by atoms with Gasteiger partial charge in [0.2, 0.25) is 5.91 Å². The Hall–Kier alpha value is -1.47. The van der Waals surface area contributed by atoms with Crippen molar-refractivity contribution in [3.8, 4) is 0 Å². The van der Waals surface area contributed by atoms with Crippen molar-refractivity contribution < 1.29 is 14.3 Å². The second kappa shape index (κ2) is 8.98. The summed E-state index contributed by atoms with van der Waals surface area (Å²) in [5.74, 6) is 0.565. The normalized spacial score (nSPS) is 19.1. The molecule has 128 valence electrons. The van der Waals surface area contributed by atoms with E-state index in [1.54, 1.807) is 12.3 Å². The van der Waals surface area contributed by atoms with E-state index in [1.165, 1.54) is 24.2 Å². The molecule has 0 saturated carbocycles. The van der Waals surface area contributed by atoms with E-state index in [1.807, 2.05) is 0 Å². The fourth-order valence-electron chi connectivity index (χ4n) is 2.76. The quantitative estimate of drug-likeness (QED) is 0.742. The van der Waals surface area contributed by atoms with E-state index in [9.17, 15) is 9.59 Å². The van der Waals surface area contributed by atoms with E-state index in [0.29, 0.717) is 42.1 Å². The summed E-state index contributed by atoms with van der Waals surface area (Å²) >= 11 is 1.36. The third-order valence-corrected chi connectivity index (χ3v) is 4.97. The Balaban J connectivity index is 1.74. The summed E-state index contributed by atoms with van der Waals surface area (Å²) in [7, 11) is 0. The maximum atomic E-state index is 12.1. The van der Waals surface area contributed by atoms with E-state index in [-0.39, 0.29) is 5.91 Å². The first-order chi connectivity index (χ1) is 11.1. The van der Waals surface area contributed by atoms with Crippen LogP contribution in [0.2, 0.25) is 0 Å². The Morgan fingerprint density at radius 3 is 3.09 bits per heavy atom. The maximum absolute atomic E-state index is 12.1. The van der Waals surface area contributed by atoms with Crippen LogP contribution >= 0.6 is 11.3 Å². The van der Waals surface area contributed by atoms with Crippen LogP contribution in [-0.2, 0) is 16.1 Å². The molecular weight excluding hydrogens is 314 g/mol. The molecule has 2 heterocycles. The van der Waals surface area contributed by atoms with Crippen molar-refractivity contribution in [2.75, 3.05) is 19.7 Å². The smallest absolute Gasteiger partial charge is 0.357 e. The zero-order chi connectivity index (χ0) is 16.7. The van der Waals surface area contributed by atoms with Gasteiger partial charge in [0.25, 0.3) is 0 Å². The SMILES string of the molecule is CCOC(=O)c1csc(CNC(=O)CC(C)C2CCCNC2)n1. The maximum Gasteiger partial charge on any atom is 0.357 e. The molecule has 1 aromatic heterocycles. The average molecular weight is 339 g/mol. The number of piperidine rings is 1. The number of carbonyl (C=O) groups is 2. The van der Waals surface area contributed by atoms with Crippen molar-refractivity contribution in [3.63, 3.8) is 0 Å². The van der Waals surface area contributed by atoms with Gasteiger partial charge in [0.05, 0.1) is 13.2 Å². The molecule has 0 bridgehead atoms. The van der Waals surface area contributed by atoms with E-state index in [2.05, 4.69) is 22.5 Å². The van der Waals surface area contributed by atoms with Gasteiger partial charge in [0.15, 0.2) is 5.69 Å². The number of hydrogen-bond acceptors (Lipinski definition) is 6. The highest BCUT2D eigenvalue weighted by Gasteiger charge is 2.22. The number of nitrogens with zero attached hydrogens (tertiary/aromatic N) is 1. The topological polar surface area (TPSA) is 80.3 Å². The van der Waals surface area contributed by atoms with Gasteiger partial charge in [0.1, 0.15) is 5.01 Å². The third-order valence-electron chi connectivity index (χ3n) is 4.12. The zero-order valence-electron chi connectivity index (χ0n) is 13.8. The minimum Gasteiger partial charge on any atom is -0.461 e. The molecule has 1 aromatic rings. The predicted octanol–water partition coefficient (Wildman–Crippen LogP) is 1.96. The number of rotatable bonds is 7. The van der Waals surface area contributed by atoms with E-state index in [4.69, 9.17) is 4.74 Å². The second-order valence-corrected chi connectivity index (χ2v) is 6.85. The molecule has 2 N–H and O–H groups in total. The van der Waals surface area contributed by atoms with Crippen LogP contribution in [0.15, 0.2) is 5.38 Å². The predicted molar refractivity (Wildman–Crippen MR) is 89.3 cm³/mol. The standard InChI is InChI=1S/C16H25N3O3S/c1-3-22-16(21)13-10-23-15(19-13)9-18-14(20)7-11(2)12-5-4-6-17-8-12/h10-12,17H,3-9H2,1-2H3,(H,18,20). The van der Waals surface area contributed by atoms with Crippen LogP contribution in [-0.4, -0.2) is 36.6 Å². The number of ether oxygens (including phenoxy) is 1. The molecule has 0 radical (unpaired) electrons. The number of nitrogens with one attached hydrogen (secondary N) is 2. The van der Waals surface area contributed by atoms with Crippen LogP contribution in [0.5, 0.6) is 0 Å². The summed E-state index contributed by atoms with van der Waals surface area (Å²) in [4.78, 5) is 27.8. The van der Waals surface area contributed by atoms with Gasteiger partial charge in [0, 0.05) is 11.8 Å². The number of carbonyl (C=O) groups excluding carboxylic acids is 2. The summed E-state index contributed by atoms with van der Waals surface area (Å²) in [5.41, 5.74) is 0.308. The number of amides is 1.